The Morgan fingerprint density at radius 1 is 1.50 bits per heavy atom. The van der Waals surface area contributed by atoms with Gasteiger partial charge in [-0.25, -0.2) is 4.39 Å². The van der Waals surface area contributed by atoms with E-state index >= 15 is 0 Å². The first-order valence-corrected chi connectivity index (χ1v) is 4.54. The molecule has 0 atom stereocenters. The maximum Gasteiger partial charge on any atom is 0.573 e. The number of nitrogen functional groups attached to an aromatic ring is 1. The number of carboxylic acids is 1. The van der Waals surface area contributed by atoms with Crippen LogP contribution in [0.1, 0.15) is 11.3 Å². The molecule has 0 saturated carbocycles. The molecular formula is C9H8F4N2O3. The Morgan fingerprint density at radius 3 is 2.56 bits per heavy atom. The number of alkyl halides is 4. The minimum Gasteiger partial charge on any atom is -0.481 e. The molecule has 3 N–H and O–H groups in total. The second kappa shape index (κ2) is 5.07. The van der Waals surface area contributed by atoms with Crippen molar-refractivity contribution in [3.05, 3.63) is 17.5 Å². The Bertz CT molecular complexity index is 462. The lowest BCUT2D eigenvalue weighted by Crippen LogP contribution is -2.20. The molecule has 9 heteroatoms. The van der Waals surface area contributed by atoms with Crippen LogP contribution in [0.5, 0.6) is 5.75 Å². The number of aromatic nitrogens is 1. The number of aliphatic carboxylic acids is 1. The predicted molar refractivity (Wildman–Crippen MR) is 51.5 cm³/mol. The quantitative estimate of drug-likeness (QED) is 0.811. The fraction of sp³-hybridized carbons (Fsp3) is 0.333. The number of pyridine rings is 1. The number of carboxylic acid groups (broad SMARTS) is 1. The number of halogens is 4. The van der Waals surface area contributed by atoms with E-state index in [0.717, 1.165) is 6.20 Å². The van der Waals surface area contributed by atoms with Crippen LogP contribution in [0, 0.1) is 0 Å². The average Bonchev–Trinajstić information content (AvgIpc) is 2.22. The minimum absolute atomic E-state index is 0.320. The van der Waals surface area contributed by atoms with Crippen LogP contribution in [0.2, 0.25) is 0 Å². The van der Waals surface area contributed by atoms with Gasteiger partial charge in [0.15, 0.2) is 5.75 Å². The third-order valence-corrected chi connectivity index (χ3v) is 1.90. The lowest BCUT2D eigenvalue weighted by molar-refractivity contribution is -0.274. The van der Waals surface area contributed by atoms with Gasteiger partial charge in [-0.3, -0.25) is 9.78 Å². The first-order chi connectivity index (χ1) is 8.24. The Kier molecular flexibility index (Phi) is 3.94. The smallest absolute Gasteiger partial charge is 0.481 e. The van der Waals surface area contributed by atoms with Gasteiger partial charge in [0.2, 0.25) is 0 Å². The first kappa shape index (κ1) is 14.0. The molecule has 0 aromatic carbocycles. The third-order valence-electron chi connectivity index (χ3n) is 1.90. The van der Waals surface area contributed by atoms with E-state index in [4.69, 9.17) is 10.8 Å². The van der Waals surface area contributed by atoms with Gasteiger partial charge in [0, 0.05) is 11.8 Å². The molecule has 0 bridgehead atoms. The second-order valence-electron chi connectivity index (χ2n) is 3.22. The summed E-state index contributed by atoms with van der Waals surface area (Å²) in [6, 6.07) is 0. The highest BCUT2D eigenvalue weighted by atomic mass is 19.4. The highest BCUT2D eigenvalue weighted by Gasteiger charge is 2.34. The summed E-state index contributed by atoms with van der Waals surface area (Å²) in [6.07, 6.45) is -4.98. The molecule has 0 unspecified atom stereocenters. The third kappa shape index (κ3) is 3.47. The molecule has 0 radical (unpaired) electrons. The number of rotatable bonds is 4. The molecule has 0 amide bonds. The standard InChI is InChI=1S/C9H8F4N2O3/c10-2-4-3-15-5(1-6(16)17)7(14)8(4)18-9(11,12)13/h3H,1-2,14H2,(H,16,17). The number of carbonyl (C=O) groups is 1. The van der Waals surface area contributed by atoms with E-state index in [1.165, 1.54) is 0 Å². The molecule has 0 aliphatic carbocycles. The van der Waals surface area contributed by atoms with Crippen molar-refractivity contribution in [3.63, 3.8) is 0 Å². The number of hydrogen-bond donors (Lipinski definition) is 2. The summed E-state index contributed by atoms with van der Waals surface area (Å²) < 4.78 is 52.3. The highest BCUT2D eigenvalue weighted by Crippen LogP contribution is 2.34. The molecular weight excluding hydrogens is 260 g/mol. The zero-order chi connectivity index (χ0) is 13.9. The molecule has 5 nitrogen and oxygen atoms in total. The minimum atomic E-state index is -5.06. The van der Waals surface area contributed by atoms with Crippen molar-refractivity contribution in [1.82, 2.24) is 4.98 Å². The Hall–Kier alpha value is -2.06. The maximum atomic E-state index is 12.5. The summed E-state index contributed by atoms with van der Waals surface area (Å²) in [7, 11) is 0. The van der Waals surface area contributed by atoms with Crippen LogP contribution >= 0.6 is 0 Å². The Morgan fingerprint density at radius 2 is 2.11 bits per heavy atom. The molecule has 0 saturated heterocycles. The summed E-state index contributed by atoms with van der Waals surface area (Å²) in [4.78, 5) is 13.9. The molecule has 18 heavy (non-hydrogen) atoms. The van der Waals surface area contributed by atoms with Crippen LogP contribution in [0.15, 0.2) is 6.20 Å². The van der Waals surface area contributed by atoms with E-state index in [-0.39, 0.29) is 5.69 Å². The largest absolute Gasteiger partial charge is 0.573 e. The van der Waals surface area contributed by atoms with Gasteiger partial charge in [-0.15, -0.1) is 13.2 Å². The van der Waals surface area contributed by atoms with Crippen LogP contribution in [0.25, 0.3) is 0 Å². The molecule has 1 aromatic rings. The van der Waals surface area contributed by atoms with Gasteiger partial charge in [-0.05, 0) is 0 Å². The topological polar surface area (TPSA) is 85.4 Å². The van der Waals surface area contributed by atoms with Crippen molar-refractivity contribution in [2.45, 2.75) is 19.5 Å². The molecule has 1 heterocycles. The van der Waals surface area contributed by atoms with Gasteiger partial charge in [-0.1, -0.05) is 0 Å². The zero-order valence-electron chi connectivity index (χ0n) is 8.79. The van der Waals surface area contributed by atoms with Gasteiger partial charge in [0.25, 0.3) is 0 Å². The molecule has 0 aliphatic rings. The number of anilines is 1. The SMILES string of the molecule is Nc1c(CC(=O)O)ncc(CF)c1OC(F)(F)F. The molecule has 0 aliphatic heterocycles. The number of hydrogen-bond acceptors (Lipinski definition) is 4. The van der Waals surface area contributed by atoms with Crippen molar-refractivity contribution >= 4 is 11.7 Å². The summed E-state index contributed by atoms with van der Waals surface area (Å²) in [5.74, 6) is -2.28. The van der Waals surface area contributed by atoms with E-state index in [1.807, 2.05) is 0 Å². The van der Waals surface area contributed by atoms with Gasteiger partial charge >= 0.3 is 12.3 Å². The number of ether oxygens (including phenoxy) is 1. The summed E-state index contributed by atoms with van der Waals surface area (Å²) in [5, 5.41) is 8.51. The van der Waals surface area contributed by atoms with Crippen molar-refractivity contribution in [1.29, 1.82) is 0 Å². The zero-order valence-corrected chi connectivity index (χ0v) is 8.79. The molecule has 0 spiro atoms. The van der Waals surface area contributed by atoms with E-state index in [0.29, 0.717) is 0 Å². The van der Waals surface area contributed by atoms with Gasteiger partial charge < -0.3 is 15.6 Å². The summed E-state index contributed by atoms with van der Waals surface area (Å²) >= 11 is 0. The average molecular weight is 268 g/mol. The van der Waals surface area contributed by atoms with Crippen molar-refractivity contribution in [2.75, 3.05) is 5.73 Å². The summed E-state index contributed by atoms with van der Waals surface area (Å²) in [5.41, 5.74) is 3.84. The normalized spacial score (nSPS) is 11.3. The number of nitrogens with zero attached hydrogens (tertiary/aromatic N) is 1. The van der Waals surface area contributed by atoms with Crippen LogP contribution in [0.4, 0.5) is 23.2 Å². The highest BCUT2D eigenvalue weighted by molar-refractivity contribution is 5.73. The van der Waals surface area contributed by atoms with Gasteiger partial charge in [-0.2, -0.15) is 0 Å². The molecule has 1 aromatic heterocycles. The molecule has 1 rings (SSSR count). The van der Waals surface area contributed by atoms with Crippen molar-refractivity contribution in [2.24, 2.45) is 0 Å². The fourth-order valence-electron chi connectivity index (χ4n) is 1.20. The Balaban J connectivity index is 3.22. The number of nitrogens with two attached hydrogens (primary N) is 1. The van der Waals surface area contributed by atoms with Gasteiger partial charge in [0.05, 0.1) is 17.8 Å². The van der Waals surface area contributed by atoms with Crippen molar-refractivity contribution in [3.8, 4) is 5.75 Å². The lowest BCUT2D eigenvalue weighted by atomic mass is 10.1. The molecule has 100 valence electrons. The second-order valence-corrected chi connectivity index (χ2v) is 3.22. The first-order valence-electron chi connectivity index (χ1n) is 4.54. The lowest BCUT2D eigenvalue weighted by Gasteiger charge is -2.15. The monoisotopic (exact) mass is 268 g/mol. The van der Waals surface area contributed by atoms with Crippen molar-refractivity contribution < 1.29 is 32.2 Å². The predicted octanol–water partition coefficient (Wildman–Crippen LogP) is 1.66. The van der Waals surface area contributed by atoms with Crippen LogP contribution < -0.4 is 10.5 Å². The van der Waals surface area contributed by atoms with Crippen LogP contribution in [-0.4, -0.2) is 22.4 Å². The fourth-order valence-corrected chi connectivity index (χ4v) is 1.20. The van der Waals surface area contributed by atoms with Gasteiger partial charge in [0.1, 0.15) is 6.67 Å². The molecule has 0 fully saturated rings. The summed E-state index contributed by atoms with van der Waals surface area (Å²) in [6.45, 7) is -1.27. The van der Waals surface area contributed by atoms with E-state index in [2.05, 4.69) is 9.72 Å². The van der Waals surface area contributed by atoms with E-state index < -0.39 is 42.4 Å². The van der Waals surface area contributed by atoms with E-state index in [1.54, 1.807) is 0 Å². The van der Waals surface area contributed by atoms with Crippen LogP contribution in [-0.2, 0) is 17.9 Å². The Labute approximate surface area is 98.2 Å². The van der Waals surface area contributed by atoms with Crippen LogP contribution in [0.3, 0.4) is 0 Å². The van der Waals surface area contributed by atoms with E-state index in [9.17, 15) is 22.4 Å². The maximum absolute atomic E-state index is 12.5.